The largest absolute Gasteiger partial charge is 0.332 e. The van der Waals surface area contributed by atoms with E-state index in [1.54, 1.807) is 17.4 Å². The Morgan fingerprint density at radius 1 is 1.28 bits per heavy atom. The maximum Gasteiger partial charge on any atom is 0.188 e. The van der Waals surface area contributed by atoms with Crippen LogP contribution in [0.4, 0.5) is 5.13 Å². The number of thiazole rings is 1. The Kier molecular flexibility index (Phi) is 5.88. The lowest BCUT2D eigenvalue weighted by molar-refractivity contribution is 1.33. The molecule has 1 rings (SSSR count). The molecule has 0 aromatic carbocycles. The van der Waals surface area contributed by atoms with Crippen LogP contribution in [0.5, 0.6) is 0 Å². The molecule has 0 aliphatic rings. The summed E-state index contributed by atoms with van der Waals surface area (Å²) in [4.78, 5) is 5.58. The lowest BCUT2D eigenvalue weighted by atomic mass is 10.3. The first kappa shape index (κ1) is 14.2. The van der Waals surface area contributed by atoms with Gasteiger partial charge in [0.2, 0.25) is 0 Å². The summed E-state index contributed by atoms with van der Waals surface area (Å²) in [5.41, 5.74) is 1.90. The number of allylic oxidation sites excluding steroid dienone is 5. The molecule has 0 spiro atoms. The molecule has 2 nitrogen and oxygen atoms in total. The number of anilines is 1. The van der Waals surface area contributed by atoms with Crippen LogP contribution >= 0.6 is 11.3 Å². The van der Waals surface area contributed by atoms with E-state index >= 15 is 0 Å². The third-order valence-electron chi connectivity index (χ3n) is 2.09. The average molecular weight is 258 g/mol. The van der Waals surface area contributed by atoms with Crippen LogP contribution in [0, 0.1) is 0 Å². The predicted octanol–water partition coefficient (Wildman–Crippen LogP) is 4.88. The van der Waals surface area contributed by atoms with Gasteiger partial charge >= 0.3 is 0 Å². The minimum Gasteiger partial charge on any atom is -0.332 e. The van der Waals surface area contributed by atoms with Crippen LogP contribution in [-0.2, 0) is 0 Å². The van der Waals surface area contributed by atoms with Crippen molar-refractivity contribution in [3.63, 3.8) is 0 Å². The monoisotopic (exact) mass is 258 g/mol. The Labute approximate surface area is 113 Å². The first-order chi connectivity index (χ1) is 8.74. The number of hydrogen-bond acceptors (Lipinski definition) is 3. The maximum atomic E-state index is 4.52. The van der Waals surface area contributed by atoms with Crippen molar-refractivity contribution in [2.75, 3.05) is 5.32 Å². The summed E-state index contributed by atoms with van der Waals surface area (Å²) in [7, 11) is 0. The molecular formula is C15H18N2S. The maximum absolute atomic E-state index is 4.52. The Morgan fingerprint density at radius 2 is 2.06 bits per heavy atom. The van der Waals surface area contributed by atoms with Gasteiger partial charge in [0, 0.05) is 5.70 Å². The van der Waals surface area contributed by atoms with E-state index in [-0.39, 0.29) is 0 Å². The minimum absolute atomic E-state index is 0.851. The van der Waals surface area contributed by atoms with Crippen LogP contribution in [0.3, 0.4) is 0 Å². The van der Waals surface area contributed by atoms with Gasteiger partial charge in [-0.25, -0.2) is 4.98 Å². The molecule has 3 heteroatoms. The summed E-state index contributed by atoms with van der Waals surface area (Å²) in [6.45, 7) is 11.4. The van der Waals surface area contributed by atoms with Gasteiger partial charge in [-0.05, 0) is 38.2 Å². The second-order valence-corrected chi connectivity index (χ2v) is 4.49. The van der Waals surface area contributed by atoms with Crippen molar-refractivity contribution in [3.05, 3.63) is 59.8 Å². The van der Waals surface area contributed by atoms with Crippen LogP contribution in [0.1, 0.15) is 24.4 Å². The van der Waals surface area contributed by atoms with E-state index < -0.39 is 0 Å². The highest BCUT2D eigenvalue weighted by Gasteiger charge is 2.06. The molecule has 1 aromatic rings. The fourth-order valence-electron chi connectivity index (χ4n) is 1.39. The molecule has 18 heavy (non-hydrogen) atoms. The molecule has 1 heterocycles. The molecule has 0 atom stereocenters. The third-order valence-corrected chi connectivity index (χ3v) is 3.07. The molecule has 0 amide bonds. The zero-order chi connectivity index (χ0) is 13.4. The fraction of sp³-hybridized carbons (Fsp3) is 0.133. The third kappa shape index (κ3) is 3.86. The number of hydrogen-bond donors (Lipinski definition) is 1. The minimum atomic E-state index is 0.851. The Hall–Kier alpha value is -1.87. The zero-order valence-electron chi connectivity index (χ0n) is 10.8. The topological polar surface area (TPSA) is 24.9 Å². The molecule has 0 unspecified atom stereocenters. The van der Waals surface area contributed by atoms with E-state index in [0.29, 0.717) is 0 Å². The van der Waals surface area contributed by atoms with E-state index in [9.17, 15) is 0 Å². The molecular weight excluding hydrogens is 240 g/mol. The molecule has 0 bridgehead atoms. The van der Waals surface area contributed by atoms with E-state index in [0.717, 1.165) is 21.4 Å². The summed E-state index contributed by atoms with van der Waals surface area (Å²) < 4.78 is 0. The van der Waals surface area contributed by atoms with E-state index in [1.165, 1.54) is 0 Å². The quantitative estimate of drug-likeness (QED) is 0.736. The van der Waals surface area contributed by atoms with Gasteiger partial charge in [-0.1, -0.05) is 42.7 Å². The zero-order valence-corrected chi connectivity index (χ0v) is 11.6. The van der Waals surface area contributed by atoms with Gasteiger partial charge < -0.3 is 5.32 Å². The molecule has 0 radical (unpaired) electrons. The second kappa shape index (κ2) is 7.45. The van der Waals surface area contributed by atoms with Gasteiger partial charge in [0.25, 0.3) is 0 Å². The standard InChI is InChI=1S/C15H18N2S/c1-5-9-12(10-6-2)16-15-17-13(11-7-3)14(8-4)18-15/h5-11H,1,4H2,2-3H3,(H,16,17)/b10-6-,11-7-,12-9+. The van der Waals surface area contributed by atoms with Crippen molar-refractivity contribution in [1.82, 2.24) is 4.98 Å². The van der Waals surface area contributed by atoms with Gasteiger partial charge in [-0.2, -0.15) is 0 Å². The first-order valence-corrected chi connectivity index (χ1v) is 6.55. The molecule has 1 aromatic heterocycles. The van der Waals surface area contributed by atoms with Gasteiger partial charge in [0.1, 0.15) is 0 Å². The Morgan fingerprint density at radius 3 is 2.61 bits per heavy atom. The van der Waals surface area contributed by atoms with E-state index in [4.69, 9.17) is 0 Å². The Balaban J connectivity index is 3.00. The van der Waals surface area contributed by atoms with E-state index in [2.05, 4.69) is 23.5 Å². The second-order valence-electron chi connectivity index (χ2n) is 3.46. The average Bonchev–Trinajstić information content (AvgIpc) is 2.72. The van der Waals surface area contributed by atoms with Crippen molar-refractivity contribution < 1.29 is 0 Å². The van der Waals surface area contributed by atoms with E-state index in [1.807, 2.05) is 50.3 Å². The fourth-order valence-corrected chi connectivity index (χ4v) is 2.21. The normalized spacial score (nSPS) is 12.2. The number of nitrogens with one attached hydrogen (secondary N) is 1. The summed E-state index contributed by atoms with van der Waals surface area (Å²) >= 11 is 1.58. The SMILES string of the molecule is C=C/C=C(\C=C/C)Nc1nc(/C=C\C)c(C=C)s1. The van der Waals surface area contributed by atoms with Crippen molar-refractivity contribution in [2.45, 2.75) is 13.8 Å². The van der Waals surface area contributed by atoms with Gasteiger partial charge in [0.05, 0.1) is 10.6 Å². The van der Waals surface area contributed by atoms with Crippen LogP contribution in [0.2, 0.25) is 0 Å². The molecule has 0 saturated heterocycles. The van der Waals surface area contributed by atoms with Crippen molar-refractivity contribution in [1.29, 1.82) is 0 Å². The molecule has 0 aliphatic heterocycles. The summed E-state index contributed by atoms with van der Waals surface area (Å²) in [6, 6.07) is 0. The Bertz CT molecular complexity index is 505. The molecule has 1 N–H and O–H groups in total. The van der Waals surface area contributed by atoms with Gasteiger partial charge in [0.15, 0.2) is 5.13 Å². The van der Waals surface area contributed by atoms with Crippen molar-refractivity contribution in [3.8, 4) is 0 Å². The predicted molar refractivity (Wildman–Crippen MR) is 83.6 cm³/mol. The highest BCUT2D eigenvalue weighted by Crippen LogP contribution is 2.26. The van der Waals surface area contributed by atoms with Crippen molar-refractivity contribution in [2.24, 2.45) is 0 Å². The highest BCUT2D eigenvalue weighted by atomic mass is 32.1. The van der Waals surface area contributed by atoms with Crippen LogP contribution in [-0.4, -0.2) is 4.98 Å². The van der Waals surface area contributed by atoms with Gasteiger partial charge in [-0.3, -0.25) is 0 Å². The number of nitrogens with zero attached hydrogens (tertiary/aromatic N) is 1. The lowest BCUT2D eigenvalue weighted by Crippen LogP contribution is -1.95. The summed E-state index contributed by atoms with van der Waals surface area (Å²) in [6.07, 6.45) is 13.4. The summed E-state index contributed by atoms with van der Waals surface area (Å²) in [5.74, 6) is 0. The highest BCUT2D eigenvalue weighted by molar-refractivity contribution is 7.16. The first-order valence-electron chi connectivity index (χ1n) is 5.73. The molecule has 94 valence electrons. The molecule has 0 aliphatic carbocycles. The molecule has 0 fully saturated rings. The summed E-state index contributed by atoms with van der Waals surface area (Å²) in [5, 5.41) is 4.11. The number of aromatic nitrogens is 1. The smallest absolute Gasteiger partial charge is 0.188 e. The lowest BCUT2D eigenvalue weighted by Gasteiger charge is -2.01. The van der Waals surface area contributed by atoms with Crippen LogP contribution in [0.15, 0.2) is 49.2 Å². The van der Waals surface area contributed by atoms with Crippen molar-refractivity contribution >= 4 is 28.6 Å². The van der Waals surface area contributed by atoms with Crippen LogP contribution in [0.25, 0.3) is 12.2 Å². The number of rotatable bonds is 6. The van der Waals surface area contributed by atoms with Crippen LogP contribution < -0.4 is 5.32 Å². The molecule has 0 saturated carbocycles. The van der Waals surface area contributed by atoms with Gasteiger partial charge in [-0.15, -0.1) is 0 Å².